The number of carbonyl (C=O) groups is 1. The SMILES string of the molecule is COc1ccc(/C=C/C(=O)Nc2c(C)nn(Cc3ccccc3F)c2C)cc1COc1ccccc1. The molecule has 0 saturated heterocycles. The third-order valence-corrected chi connectivity index (χ3v) is 5.78. The molecule has 4 aromatic rings. The zero-order chi connectivity index (χ0) is 25.5. The van der Waals surface area contributed by atoms with Crippen LogP contribution in [0.15, 0.2) is 78.9 Å². The van der Waals surface area contributed by atoms with Crippen LogP contribution >= 0.6 is 0 Å². The second kappa shape index (κ2) is 11.4. The molecule has 7 heteroatoms. The smallest absolute Gasteiger partial charge is 0.248 e. The summed E-state index contributed by atoms with van der Waals surface area (Å²) < 4.78 is 27.1. The first-order chi connectivity index (χ1) is 17.4. The van der Waals surface area contributed by atoms with Crippen molar-refractivity contribution in [2.24, 2.45) is 0 Å². The number of carbonyl (C=O) groups excluding carboxylic acids is 1. The maximum atomic E-state index is 14.1. The number of para-hydroxylation sites is 1. The average Bonchev–Trinajstić information content (AvgIpc) is 3.15. The van der Waals surface area contributed by atoms with Gasteiger partial charge in [-0.2, -0.15) is 5.10 Å². The van der Waals surface area contributed by atoms with Crippen molar-refractivity contribution < 1.29 is 18.7 Å². The average molecular weight is 486 g/mol. The highest BCUT2D eigenvalue weighted by Gasteiger charge is 2.14. The fourth-order valence-electron chi connectivity index (χ4n) is 3.85. The van der Waals surface area contributed by atoms with Gasteiger partial charge in [0.15, 0.2) is 0 Å². The number of halogens is 1. The molecule has 4 rings (SSSR count). The van der Waals surface area contributed by atoms with Gasteiger partial charge in [0.2, 0.25) is 5.91 Å². The first kappa shape index (κ1) is 24.7. The van der Waals surface area contributed by atoms with E-state index in [0.717, 1.165) is 22.6 Å². The summed E-state index contributed by atoms with van der Waals surface area (Å²) in [7, 11) is 1.61. The van der Waals surface area contributed by atoms with Gasteiger partial charge in [-0.25, -0.2) is 4.39 Å². The highest BCUT2D eigenvalue weighted by molar-refractivity contribution is 6.02. The fourth-order valence-corrected chi connectivity index (χ4v) is 3.85. The van der Waals surface area contributed by atoms with Gasteiger partial charge in [0, 0.05) is 17.2 Å². The molecule has 0 bridgehead atoms. The number of anilines is 1. The summed E-state index contributed by atoms with van der Waals surface area (Å²) in [6.45, 7) is 4.28. The molecule has 0 aliphatic heterocycles. The number of aryl methyl sites for hydroxylation is 1. The molecule has 0 radical (unpaired) electrons. The third-order valence-electron chi connectivity index (χ3n) is 5.78. The number of nitrogens with zero attached hydrogens (tertiary/aromatic N) is 2. The Balaban J connectivity index is 1.44. The van der Waals surface area contributed by atoms with Gasteiger partial charge in [-0.05, 0) is 55.8 Å². The number of hydrogen-bond donors (Lipinski definition) is 1. The van der Waals surface area contributed by atoms with Gasteiger partial charge in [-0.15, -0.1) is 0 Å². The molecule has 0 aliphatic carbocycles. The summed E-state index contributed by atoms with van der Waals surface area (Å²) in [5.74, 6) is 0.901. The van der Waals surface area contributed by atoms with E-state index in [0.29, 0.717) is 29.3 Å². The predicted octanol–water partition coefficient (Wildman–Crippen LogP) is 5.93. The van der Waals surface area contributed by atoms with Crippen LogP contribution in [0.25, 0.3) is 6.08 Å². The van der Waals surface area contributed by atoms with Crippen LogP contribution in [-0.2, 0) is 17.9 Å². The Kier molecular flexibility index (Phi) is 7.80. The van der Waals surface area contributed by atoms with Crippen molar-refractivity contribution in [3.05, 3.63) is 113 Å². The minimum absolute atomic E-state index is 0.282. The quantitative estimate of drug-likeness (QED) is 0.299. The number of amides is 1. The van der Waals surface area contributed by atoms with E-state index < -0.39 is 0 Å². The van der Waals surface area contributed by atoms with E-state index in [1.807, 2.05) is 62.4 Å². The number of benzene rings is 3. The van der Waals surface area contributed by atoms with E-state index in [1.54, 1.807) is 36.1 Å². The van der Waals surface area contributed by atoms with Crippen LogP contribution in [-0.4, -0.2) is 22.8 Å². The second-order valence-corrected chi connectivity index (χ2v) is 8.29. The zero-order valence-electron chi connectivity index (χ0n) is 20.5. The Morgan fingerprint density at radius 3 is 2.53 bits per heavy atom. The minimum Gasteiger partial charge on any atom is -0.496 e. The van der Waals surface area contributed by atoms with E-state index in [2.05, 4.69) is 10.4 Å². The maximum Gasteiger partial charge on any atom is 0.248 e. The van der Waals surface area contributed by atoms with Crippen LogP contribution in [0.2, 0.25) is 0 Å². The standard InChI is InChI=1S/C29H28FN3O3/c1-20-29(21(2)33(32-20)18-23-9-7-8-12-26(23)30)31-28(34)16-14-22-13-15-27(35-3)24(17-22)19-36-25-10-5-4-6-11-25/h4-17H,18-19H2,1-3H3,(H,31,34)/b16-14+. The number of methoxy groups -OCH3 is 1. The normalized spacial score (nSPS) is 11.0. The minimum atomic E-state index is -0.287. The molecule has 0 unspecified atom stereocenters. The van der Waals surface area contributed by atoms with E-state index in [1.165, 1.54) is 12.1 Å². The van der Waals surface area contributed by atoms with E-state index >= 15 is 0 Å². The van der Waals surface area contributed by atoms with Crippen LogP contribution in [0.4, 0.5) is 10.1 Å². The molecular weight excluding hydrogens is 457 g/mol. The number of rotatable bonds is 9. The van der Waals surface area contributed by atoms with Crippen molar-refractivity contribution in [1.82, 2.24) is 9.78 Å². The lowest BCUT2D eigenvalue weighted by Gasteiger charge is -2.11. The molecule has 6 nitrogen and oxygen atoms in total. The molecule has 36 heavy (non-hydrogen) atoms. The van der Waals surface area contributed by atoms with Gasteiger partial charge in [0.05, 0.1) is 30.7 Å². The van der Waals surface area contributed by atoms with Crippen molar-refractivity contribution in [3.63, 3.8) is 0 Å². The lowest BCUT2D eigenvalue weighted by atomic mass is 10.1. The van der Waals surface area contributed by atoms with Crippen LogP contribution in [0.5, 0.6) is 11.5 Å². The van der Waals surface area contributed by atoms with Crippen LogP contribution in [0.1, 0.15) is 28.1 Å². The van der Waals surface area contributed by atoms with Crippen LogP contribution in [0.3, 0.4) is 0 Å². The maximum absolute atomic E-state index is 14.1. The van der Waals surface area contributed by atoms with Gasteiger partial charge < -0.3 is 14.8 Å². The molecule has 184 valence electrons. The van der Waals surface area contributed by atoms with Crippen molar-refractivity contribution in [2.75, 3.05) is 12.4 Å². The molecular formula is C29H28FN3O3. The molecule has 1 aromatic heterocycles. The summed E-state index contributed by atoms with van der Waals surface area (Å²) in [6.07, 6.45) is 3.20. The van der Waals surface area contributed by atoms with Crippen molar-refractivity contribution >= 4 is 17.7 Å². The summed E-state index contributed by atoms with van der Waals surface area (Å²) in [6, 6.07) is 21.8. The summed E-state index contributed by atoms with van der Waals surface area (Å²) in [5, 5.41) is 7.38. The molecule has 1 heterocycles. The summed E-state index contributed by atoms with van der Waals surface area (Å²) in [4.78, 5) is 12.7. The molecule has 0 aliphatic rings. The Morgan fingerprint density at radius 2 is 1.78 bits per heavy atom. The lowest BCUT2D eigenvalue weighted by Crippen LogP contribution is -2.10. The van der Waals surface area contributed by atoms with Crippen molar-refractivity contribution in [2.45, 2.75) is 27.0 Å². The van der Waals surface area contributed by atoms with Crippen LogP contribution < -0.4 is 14.8 Å². The number of nitrogens with one attached hydrogen (secondary N) is 1. The fraction of sp³-hybridized carbons (Fsp3) is 0.172. The third kappa shape index (κ3) is 5.99. The Labute approximate surface area is 210 Å². The largest absolute Gasteiger partial charge is 0.496 e. The highest BCUT2D eigenvalue weighted by Crippen LogP contribution is 2.24. The Bertz CT molecular complexity index is 1380. The number of hydrogen-bond acceptors (Lipinski definition) is 4. The molecule has 0 saturated carbocycles. The Hall–Kier alpha value is -4.39. The second-order valence-electron chi connectivity index (χ2n) is 8.29. The lowest BCUT2D eigenvalue weighted by molar-refractivity contribution is -0.111. The Morgan fingerprint density at radius 1 is 1.03 bits per heavy atom. The van der Waals surface area contributed by atoms with Gasteiger partial charge in [0.25, 0.3) is 0 Å². The number of ether oxygens (including phenoxy) is 2. The first-order valence-electron chi connectivity index (χ1n) is 11.6. The van der Waals surface area contributed by atoms with Crippen LogP contribution in [0, 0.1) is 19.7 Å². The van der Waals surface area contributed by atoms with Gasteiger partial charge in [0.1, 0.15) is 23.9 Å². The number of aromatic nitrogens is 2. The monoisotopic (exact) mass is 485 g/mol. The molecule has 0 atom stereocenters. The molecule has 1 N–H and O–H groups in total. The van der Waals surface area contributed by atoms with Crippen molar-refractivity contribution in [1.29, 1.82) is 0 Å². The van der Waals surface area contributed by atoms with Gasteiger partial charge in [-0.3, -0.25) is 9.48 Å². The van der Waals surface area contributed by atoms with Crippen molar-refractivity contribution in [3.8, 4) is 11.5 Å². The summed E-state index contributed by atoms with van der Waals surface area (Å²) in [5.41, 5.74) is 4.27. The predicted molar refractivity (Wildman–Crippen MR) is 139 cm³/mol. The van der Waals surface area contributed by atoms with E-state index in [-0.39, 0.29) is 18.3 Å². The zero-order valence-corrected chi connectivity index (χ0v) is 20.5. The summed E-state index contributed by atoms with van der Waals surface area (Å²) >= 11 is 0. The first-order valence-corrected chi connectivity index (χ1v) is 11.6. The van der Waals surface area contributed by atoms with Gasteiger partial charge in [-0.1, -0.05) is 42.5 Å². The molecule has 0 fully saturated rings. The highest BCUT2D eigenvalue weighted by atomic mass is 19.1. The van der Waals surface area contributed by atoms with Gasteiger partial charge >= 0.3 is 0 Å². The molecule has 0 spiro atoms. The molecule has 3 aromatic carbocycles. The topological polar surface area (TPSA) is 65.4 Å². The van der Waals surface area contributed by atoms with E-state index in [4.69, 9.17) is 9.47 Å². The van der Waals surface area contributed by atoms with E-state index in [9.17, 15) is 9.18 Å². The molecule has 1 amide bonds.